The lowest BCUT2D eigenvalue weighted by Gasteiger charge is -2.08. The molecule has 0 unspecified atom stereocenters. The number of aromatic nitrogens is 1. The van der Waals surface area contributed by atoms with Gasteiger partial charge in [0.1, 0.15) is 5.82 Å². The largest absolute Gasteiger partial charge is 0.330 e. The van der Waals surface area contributed by atoms with Crippen molar-refractivity contribution in [2.24, 2.45) is 15.7 Å². The summed E-state index contributed by atoms with van der Waals surface area (Å²) in [5.74, 6) is -0.301. The van der Waals surface area contributed by atoms with Gasteiger partial charge in [-0.2, -0.15) is 0 Å². The molecule has 0 atom stereocenters. The second-order valence-corrected chi connectivity index (χ2v) is 6.20. The minimum atomic E-state index is -0.301. The van der Waals surface area contributed by atoms with E-state index in [0.717, 1.165) is 35.5 Å². The van der Waals surface area contributed by atoms with Gasteiger partial charge in [-0.1, -0.05) is 37.8 Å². The maximum absolute atomic E-state index is 14.1. The zero-order valence-electron chi connectivity index (χ0n) is 18.3. The third-order valence-corrected chi connectivity index (χ3v) is 4.08. The van der Waals surface area contributed by atoms with Crippen LogP contribution >= 0.6 is 0 Å². The third kappa shape index (κ3) is 7.33. The molecule has 1 heterocycles. The van der Waals surface area contributed by atoms with Crippen LogP contribution in [0.3, 0.4) is 0 Å². The Hall–Kier alpha value is -3.18. The van der Waals surface area contributed by atoms with Crippen molar-refractivity contribution in [3.63, 3.8) is 0 Å². The first kappa shape index (κ1) is 24.9. The first-order valence-electron chi connectivity index (χ1n) is 9.93. The summed E-state index contributed by atoms with van der Waals surface area (Å²) in [5, 5.41) is 0. The number of allylic oxidation sites excluding steroid dienone is 4. The Morgan fingerprint density at radius 3 is 2.43 bits per heavy atom. The van der Waals surface area contributed by atoms with Crippen molar-refractivity contribution in [3.05, 3.63) is 84.4 Å². The van der Waals surface area contributed by atoms with Crippen molar-refractivity contribution >= 4 is 17.6 Å². The molecule has 0 saturated carbocycles. The van der Waals surface area contributed by atoms with Crippen molar-refractivity contribution in [2.75, 3.05) is 13.6 Å². The van der Waals surface area contributed by atoms with E-state index >= 15 is 0 Å². The number of nitrogens with two attached hydrogens (primary N) is 1. The van der Waals surface area contributed by atoms with Crippen molar-refractivity contribution in [3.8, 4) is 11.3 Å². The fraction of sp³-hybridized carbons (Fsp3) is 0.240. The normalized spacial score (nSPS) is 12.5. The lowest BCUT2D eigenvalue weighted by molar-refractivity contribution is 0.630. The maximum atomic E-state index is 14.1. The van der Waals surface area contributed by atoms with E-state index < -0.39 is 0 Å². The van der Waals surface area contributed by atoms with E-state index in [1.165, 1.54) is 6.07 Å². The first-order valence-corrected chi connectivity index (χ1v) is 9.93. The van der Waals surface area contributed by atoms with Crippen LogP contribution in [0.15, 0.2) is 83.0 Å². The van der Waals surface area contributed by atoms with Gasteiger partial charge in [0.2, 0.25) is 0 Å². The van der Waals surface area contributed by atoms with E-state index in [1.54, 1.807) is 43.7 Å². The molecular weight excluding hydrogens is 375 g/mol. The summed E-state index contributed by atoms with van der Waals surface area (Å²) in [4.78, 5) is 13.1. The molecule has 0 aliphatic carbocycles. The highest BCUT2D eigenvalue weighted by Gasteiger charge is 2.09. The van der Waals surface area contributed by atoms with Crippen LogP contribution < -0.4 is 5.73 Å². The second-order valence-electron chi connectivity index (χ2n) is 6.20. The molecule has 2 aromatic rings. The predicted octanol–water partition coefficient (Wildman–Crippen LogP) is 5.88. The molecule has 158 valence electrons. The van der Waals surface area contributed by atoms with Crippen LogP contribution in [0, 0.1) is 5.82 Å². The highest BCUT2D eigenvalue weighted by Crippen LogP contribution is 2.25. The lowest BCUT2D eigenvalue weighted by atomic mass is 10.1. The predicted molar refractivity (Wildman–Crippen MR) is 128 cm³/mol. The molecule has 2 N–H and O–H groups in total. The molecule has 0 aliphatic rings. The van der Waals surface area contributed by atoms with Gasteiger partial charge < -0.3 is 5.73 Å². The van der Waals surface area contributed by atoms with Crippen molar-refractivity contribution < 1.29 is 4.39 Å². The number of rotatable bonds is 7. The standard InChI is InChI=1S/C22H22FN3.C3H9N/c1-5-16(15-24-4)20(6-2)26-21(7-3)17-12-13-25-22(14-17)18-10-8-9-11-19(18)23;1-2-3-4/h5-15H,2H2,1,3-4H3;2-4H2,1H3/b16-5+,21-7-,24-15?,26-20+;. The second kappa shape index (κ2) is 13.9. The Balaban J connectivity index is 0.00000103. The summed E-state index contributed by atoms with van der Waals surface area (Å²) in [7, 11) is 1.71. The quantitative estimate of drug-likeness (QED) is 0.584. The van der Waals surface area contributed by atoms with Gasteiger partial charge >= 0.3 is 0 Å². The molecule has 2 rings (SSSR count). The summed E-state index contributed by atoms with van der Waals surface area (Å²) < 4.78 is 14.1. The summed E-state index contributed by atoms with van der Waals surface area (Å²) in [6.45, 7) is 10.6. The van der Waals surface area contributed by atoms with Gasteiger partial charge in [-0.3, -0.25) is 9.98 Å². The number of benzene rings is 1. The topological polar surface area (TPSA) is 63.6 Å². The number of halogens is 1. The average molecular weight is 407 g/mol. The Morgan fingerprint density at radius 1 is 1.20 bits per heavy atom. The minimum Gasteiger partial charge on any atom is -0.330 e. The van der Waals surface area contributed by atoms with E-state index in [-0.39, 0.29) is 5.82 Å². The smallest absolute Gasteiger partial charge is 0.132 e. The van der Waals surface area contributed by atoms with Crippen LogP contribution in [0.25, 0.3) is 17.0 Å². The summed E-state index contributed by atoms with van der Waals surface area (Å²) in [6, 6.07) is 10.3. The maximum Gasteiger partial charge on any atom is 0.132 e. The van der Waals surface area contributed by atoms with Gasteiger partial charge in [0.05, 0.1) is 17.1 Å². The fourth-order valence-corrected chi connectivity index (χ4v) is 2.49. The monoisotopic (exact) mass is 406 g/mol. The third-order valence-electron chi connectivity index (χ3n) is 4.08. The molecular formula is C25H31FN4. The molecule has 0 amide bonds. The van der Waals surface area contributed by atoms with Crippen molar-refractivity contribution in [2.45, 2.75) is 27.2 Å². The SMILES string of the molecule is C=CC(=N\C(=C/C)c1ccnc(-c2ccccc2F)c1)/C(C=NC)=C/C.CCCN. The molecule has 0 spiro atoms. The van der Waals surface area contributed by atoms with Gasteiger partial charge in [0.15, 0.2) is 0 Å². The van der Waals surface area contributed by atoms with E-state index in [0.29, 0.717) is 11.3 Å². The van der Waals surface area contributed by atoms with Crippen LogP contribution in [-0.4, -0.2) is 30.5 Å². The van der Waals surface area contributed by atoms with E-state index in [1.807, 2.05) is 38.1 Å². The number of pyridine rings is 1. The van der Waals surface area contributed by atoms with Crippen LogP contribution in [-0.2, 0) is 0 Å². The van der Waals surface area contributed by atoms with Gasteiger partial charge in [-0.25, -0.2) is 9.38 Å². The van der Waals surface area contributed by atoms with Crippen LogP contribution in [0.5, 0.6) is 0 Å². The number of hydrogen-bond acceptors (Lipinski definition) is 4. The van der Waals surface area contributed by atoms with Crippen LogP contribution in [0.1, 0.15) is 32.8 Å². The molecule has 5 heteroatoms. The van der Waals surface area contributed by atoms with Crippen molar-refractivity contribution in [1.29, 1.82) is 0 Å². The van der Waals surface area contributed by atoms with Gasteiger partial charge in [-0.15, -0.1) is 0 Å². The van der Waals surface area contributed by atoms with Gasteiger partial charge in [-0.05, 0) is 57.2 Å². The lowest BCUT2D eigenvalue weighted by Crippen LogP contribution is -2.01. The molecule has 0 aliphatic heterocycles. The molecule has 4 nitrogen and oxygen atoms in total. The molecule has 0 radical (unpaired) electrons. The van der Waals surface area contributed by atoms with Crippen LogP contribution in [0.2, 0.25) is 0 Å². The van der Waals surface area contributed by atoms with Gasteiger partial charge in [0.25, 0.3) is 0 Å². The fourth-order valence-electron chi connectivity index (χ4n) is 2.49. The molecule has 0 bridgehead atoms. The van der Waals surface area contributed by atoms with E-state index in [2.05, 4.69) is 23.5 Å². The number of hydrogen-bond donors (Lipinski definition) is 1. The molecule has 1 aromatic carbocycles. The minimum absolute atomic E-state index is 0.301. The Kier molecular flexibility index (Phi) is 11.5. The highest BCUT2D eigenvalue weighted by atomic mass is 19.1. The first-order chi connectivity index (χ1) is 14.6. The molecule has 0 saturated heterocycles. The molecule has 1 aromatic heterocycles. The Morgan fingerprint density at radius 2 is 1.90 bits per heavy atom. The molecule has 0 fully saturated rings. The summed E-state index contributed by atoms with van der Waals surface area (Å²) in [6.07, 6.45) is 10.0. The summed E-state index contributed by atoms with van der Waals surface area (Å²) >= 11 is 0. The average Bonchev–Trinajstić information content (AvgIpc) is 2.79. The van der Waals surface area contributed by atoms with E-state index in [9.17, 15) is 4.39 Å². The Bertz CT molecular complexity index is 938. The van der Waals surface area contributed by atoms with Gasteiger partial charge in [0, 0.05) is 36.2 Å². The van der Waals surface area contributed by atoms with Crippen LogP contribution in [0.4, 0.5) is 4.39 Å². The van der Waals surface area contributed by atoms with E-state index in [4.69, 9.17) is 10.7 Å². The zero-order valence-corrected chi connectivity index (χ0v) is 18.3. The number of nitrogens with zero attached hydrogens (tertiary/aromatic N) is 3. The Labute approximate surface area is 179 Å². The highest BCUT2D eigenvalue weighted by molar-refractivity contribution is 6.22. The van der Waals surface area contributed by atoms with Crippen molar-refractivity contribution in [1.82, 2.24) is 4.98 Å². The summed E-state index contributed by atoms with van der Waals surface area (Å²) in [5.41, 5.74) is 9.26. The molecule has 30 heavy (non-hydrogen) atoms. The number of aliphatic imine (C=N–C) groups is 2. The zero-order chi connectivity index (χ0) is 22.4.